The molecule has 57 heavy (non-hydrogen) atoms. The first kappa shape index (κ1) is 41.8. The number of ether oxygens (including phenoxy) is 1. The Bertz CT molecular complexity index is 1900. The Morgan fingerprint density at radius 1 is 0.860 bits per heavy atom. The van der Waals surface area contributed by atoms with E-state index in [0.717, 1.165) is 58.6 Å². The highest BCUT2D eigenvalue weighted by atomic mass is 16.6. The molecule has 6 nitrogen and oxygen atoms in total. The van der Waals surface area contributed by atoms with E-state index in [4.69, 9.17) is 10.5 Å². The SMILES string of the molecule is CC(C)CCC[C@@H](C)[C@H]1CCC2C3CCC4C(c5cccc6cc(-c7ccc(CC(NC(=O)OC(C)(C)C)C(=O)O)cc7)ccc56)CC[C@@H](N)[C@]4(C)C3CC[C@@]21C. The molecule has 310 valence electrons. The molecule has 6 heteroatoms. The van der Waals surface area contributed by atoms with E-state index in [1.54, 1.807) is 20.8 Å². The van der Waals surface area contributed by atoms with E-state index in [1.807, 2.05) is 24.3 Å². The molecule has 7 rings (SSSR count). The van der Waals surface area contributed by atoms with E-state index in [0.29, 0.717) is 17.3 Å². The first-order valence-corrected chi connectivity index (χ1v) is 22.6. The number of carbonyl (C=O) groups excluding carboxylic acids is 1. The number of carboxylic acid groups (broad SMARTS) is 1. The Hall–Kier alpha value is -3.38. The number of hydrogen-bond donors (Lipinski definition) is 3. The van der Waals surface area contributed by atoms with Gasteiger partial charge in [0.05, 0.1) is 0 Å². The minimum absolute atomic E-state index is 0.167. The van der Waals surface area contributed by atoms with E-state index < -0.39 is 23.7 Å². The number of carbonyl (C=O) groups is 2. The molecule has 4 N–H and O–H groups in total. The fraction of sp³-hybridized carbons (Fsp3) is 0.647. The predicted molar refractivity (Wildman–Crippen MR) is 233 cm³/mol. The van der Waals surface area contributed by atoms with Crippen molar-refractivity contribution >= 4 is 22.8 Å². The van der Waals surface area contributed by atoms with Gasteiger partial charge in [0.25, 0.3) is 0 Å². The van der Waals surface area contributed by atoms with Crippen molar-refractivity contribution in [3.8, 4) is 11.1 Å². The lowest BCUT2D eigenvalue weighted by molar-refractivity contribution is -0.139. The van der Waals surface area contributed by atoms with Gasteiger partial charge in [-0.15, -0.1) is 0 Å². The van der Waals surface area contributed by atoms with Crippen molar-refractivity contribution in [1.82, 2.24) is 5.32 Å². The molecule has 0 spiro atoms. The smallest absolute Gasteiger partial charge is 0.408 e. The zero-order chi connectivity index (χ0) is 40.9. The predicted octanol–water partition coefficient (Wildman–Crippen LogP) is 12.2. The highest BCUT2D eigenvalue weighted by Crippen LogP contribution is 2.69. The number of aliphatic carboxylic acids is 1. The van der Waals surface area contributed by atoms with Crippen molar-refractivity contribution in [2.45, 2.75) is 156 Å². The van der Waals surface area contributed by atoms with Crippen LogP contribution in [0.5, 0.6) is 0 Å². The number of benzene rings is 3. The van der Waals surface area contributed by atoms with Gasteiger partial charge in [0.15, 0.2) is 0 Å². The highest BCUT2D eigenvalue weighted by Gasteiger charge is 2.63. The Morgan fingerprint density at radius 2 is 1.58 bits per heavy atom. The van der Waals surface area contributed by atoms with Crippen molar-refractivity contribution in [2.75, 3.05) is 0 Å². The number of nitrogens with one attached hydrogen (secondary N) is 1. The van der Waals surface area contributed by atoms with Crippen LogP contribution >= 0.6 is 0 Å². The van der Waals surface area contributed by atoms with Crippen LogP contribution in [0.4, 0.5) is 4.79 Å². The standard InChI is InChI=1S/C51H72N2O4/c1-31(2)11-9-12-32(3)41-24-25-42-40-21-23-43-39(22-26-46(52)51(43,8)44(40)27-28-50(41,42)7)38-14-10-13-36-30-35(19-20-37(36)38)34-17-15-33(16-18-34)29-45(47(54)55)53-48(56)57-49(4,5)6/h10,13-20,30-32,39-46H,9,11-12,21-29,52H2,1-8H3,(H,53,56)(H,54,55)/t32-,39?,40?,41-,42?,43?,44?,45?,46-,50-,51+/m1/s1. The molecule has 4 fully saturated rings. The third-order valence-electron chi connectivity index (χ3n) is 16.2. The lowest BCUT2D eigenvalue weighted by atomic mass is 9.42. The molecule has 3 aromatic rings. The van der Waals surface area contributed by atoms with Gasteiger partial charge in [-0.1, -0.05) is 108 Å². The molecule has 3 aromatic carbocycles. The van der Waals surface area contributed by atoms with E-state index >= 15 is 0 Å². The summed E-state index contributed by atoms with van der Waals surface area (Å²) in [5.41, 5.74) is 11.8. The number of amides is 1. The van der Waals surface area contributed by atoms with E-state index in [2.05, 4.69) is 76.3 Å². The van der Waals surface area contributed by atoms with Crippen LogP contribution in [0, 0.1) is 52.3 Å². The summed E-state index contributed by atoms with van der Waals surface area (Å²) in [5.74, 6) is 4.96. The maximum atomic E-state index is 12.3. The van der Waals surface area contributed by atoms with Gasteiger partial charge in [0.1, 0.15) is 11.6 Å². The van der Waals surface area contributed by atoms with Crippen LogP contribution in [-0.4, -0.2) is 34.9 Å². The monoisotopic (exact) mass is 777 g/mol. The van der Waals surface area contributed by atoms with Crippen LogP contribution in [0.1, 0.15) is 143 Å². The molecule has 11 atom stereocenters. The number of nitrogens with two attached hydrogens (primary N) is 1. The second kappa shape index (κ2) is 16.3. The van der Waals surface area contributed by atoms with Crippen LogP contribution in [0.15, 0.2) is 60.7 Å². The third-order valence-corrected chi connectivity index (χ3v) is 16.2. The summed E-state index contributed by atoms with van der Waals surface area (Å²) in [4.78, 5) is 24.3. The molecule has 0 saturated heterocycles. The molecule has 0 radical (unpaired) electrons. The lowest BCUT2D eigenvalue weighted by Gasteiger charge is -2.64. The van der Waals surface area contributed by atoms with Gasteiger partial charge in [-0.3, -0.25) is 0 Å². The largest absolute Gasteiger partial charge is 0.480 e. The molecule has 4 saturated carbocycles. The summed E-state index contributed by atoms with van der Waals surface area (Å²) in [6.45, 7) is 17.9. The van der Waals surface area contributed by atoms with Crippen molar-refractivity contribution in [1.29, 1.82) is 0 Å². The van der Waals surface area contributed by atoms with Crippen molar-refractivity contribution in [3.63, 3.8) is 0 Å². The molecule has 6 unspecified atom stereocenters. The molecular weight excluding hydrogens is 705 g/mol. The van der Waals surface area contributed by atoms with Gasteiger partial charge < -0.3 is 20.9 Å². The summed E-state index contributed by atoms with van der Waals surface area (Å²) in [6, 6.07) is 21.0. The average molecular weight is 777 g/mol. The zero-order valence-corrected chi connectivity index (χ0v) is 36.3. The number of hydrogen-bond acceptors (Lipinski definition) is 4. The fourth-order valence-corrected chi connectivity index (χ4v) is 13.4. The maximum absolute atomic E-state index is 12.3. The summed E-state index contributed by atoms with van der Waals surface area (Å²) in [6.07, 6.45) is 14.1. The minimum Gasteiger partial charge on any atom is -0.480 e. The van der Waals surface area contributed by atoms with Gasteiger partial charge in [-0.05, 0) is 169 Å². The molecule has 4 aliphatic rings. The molecule has 0 bridgehead atoms. The summed E-state index contributed by atoms with van der Waals surface area (Å²) >= 11 is 0. The Labute approximate surface area is 343 Å². The molecule has 0 aromatic heterocycles. The van der Waals surface area contributed by atoms with Crippen molar-refractivity contribution in [2.24, 2.45) is 58.0 Å². The number of fused-ring (bicyclic) bond motifs is 6. The molecule has 0 heterocycles. The highest BCUT2D eigenvalue weighted by molar-refractivity contribution is 5.90. The van der Waals surface area contributed by atoms with Crippen LogP contribution in [-0.2, 0) is 16.0 Å². The molecule has 0 aliphatic heterocycles. The quantitative estimate of drug-likeness (QED) is 0.180. The normalized spacial score (nSPS) is 32.2. The molecule has 4 aliphatic carbocycles. The van der Waals surface area contributed by atoms with E-state index in [-0.39, 0.29) is 17.9 Å². The van der Waals surface area contributed by atoms with Crippen LogP contribution in [0.25, 0.3) is 21.9 Å². The second-order valence-electron chi connectivity index (χ2n) is 21.0. The second-order valence-corrected chi connectivity index (χ2v) is 21.0. The zero-order valence-electron chi connectivity index (χ0n) is 36.3. The Morgan fingerprint density at radius 3 is 2.28 bits per heavy atom. The fourth-order valence-electron chi connectivity index (χ4n) is 13.4. The summed E-state index contributed by atoms with van der Waals surface area (Å²) in [7, 11) is 0. The van der Waals surface area contributed by atoms with Crippen LogP contribution in [0.3, 0.4) is 0 Å². The number of carboxylic acids is 1. The van der Waals surface area contributed by atoms with Gasteiger partial charge in [0, 0.05) is 12.5 Å². The Balaban J connectivity index is 1.07. The Kier molecular flexibility index (Phi) is 12.0. The lowest BCUT2D eigenvalue weighted by Crippen LogP contribution is -2.61. The maximum Gasteiger partial charge on any atom is 0.408 e. The first-order chi connectivity index (χ1) is 27.0. The van der Waals surface area contributed by atoms with Crippen molar-refractivity contribution in [3.05, 3.63) is 71.8 Å². The number of rotatable bonds is 11. The summed E-state index contributed by atoms with van der Waals surface area (Å²) < 4.78 is 5.29. The third kappa shape index (κ3) is 8.28. The first-order valence-electron chi connectivity index (χ1n) is 22.6. The molecular formula is C51H72N2O4. The van der Waals surface area contributed by atoms with Gasteiger partial charge in [-0.2, -0.15) is 0 Å². The van der Waals surface area contributed by atoms with Gasteiger partial charge >= 0.3 is 12.1 Å². The van der Waals surface area contributed by atoms with E-state index in [9.17, 15) is 14.7 Å². The van der Waals surface area contributed by atoms with Gasteiger partial charge in [-0.25, -0.2) is 9.59 Å². The van der Waals surface area contributed by atoms with E-state index in [1.165, 1.54) is 80.5 Å². The minimum atomic E-state index is -1.09. The number of alkyl carbamates (subject to hydrolysis) is 1. The summed E-state index contributed by atoms with van der Waals surface area (Å²) in [5, 5.41) is 14.9. The van der Waals surface area contributed by atoms with Crippen LogP contribution in [0.2, 0.25) is 0 Å². The molecule has 1 amide bonds. The topological polar surface area (TPSA) is 102 Å². The van der Waals surface area contributed by atoms with Crippen molar-refractivity contribution < 1.29 is 19.4 Å². The van der Waals surface area contributed by atoms with Crippen LogP contribution < -0.4 is 11.1 Å². The average Bonchev–Trinajstić information content (AvgIpc) is 3.51. The van der Waals surface area contributed by atoms with Gasteiger partial charge in [0.2, 0.25) is 0 Å².